The summed E-state index contributed by atoms with van der Waals surface area (Å²) in [5.41, 5.74) is 0. The monoisotopic (exact) mass is 252 g/mol. The maximum Gasteiger partial charge on any atom is 1.00 e. The standard InChI is InChI=1S/C11H18O5.Na/c1-3-4-5-7-9(12)8(11(15)16-7)6(2)10(13)14;/h6-9,12H,3-5H2,1-2H3,(H,13,14);/q;+1/p-1. The fourth-order valence-electron chi connectivity index (χ4n) is 1.95. The number of cyclic esters (lactones) is 1. The molecule has 1 rings (SSSR count). The van der Waals surface area contributed by atoms with Crippen LogP contribution in [-0.2, 0) is 14.3 Å². The molecule has 6 heteroatoms. The van der Waals surface area contributed by atoms with Crippen LogP contribution in [0.3, 0.4) is 0 Å². The summed E-state index contributed by atoms with van der Waals surface area (Å²) in [6.07, 6.45) is 0.731. The molecule has 0 amide bonds. The van der Waals surface area contributed by atoms with Crippen LogP contribution in [-0.4, -0.2) is 29.3 Å². The zero-order valence-corrected chi connectivity index (χ0v) is 12.5. The first kappa shape index (κ1) is 16.9. The van der Waals surface area contributed by atoms with Crippen molar-refractivity contribution in [1.29, 1.82) is 0 Å². The van der Waals surface area contributed by atoms with Crippen molar-refractivity contribution in [3.8, 4) is 0 Å². The Morgan fingerprint density at radius 1 is 1.59 bits per heavy atom. The average molecular weight is 252 g/mol. The summed E-state index contributed by atoms with van der Waals surface area (Å²) in [5, 5.41) is 20.5. The molecule has 5 nitrogen and oxygen atoms in total. The Bertz CT molecular complexity index is 281. The van der Waals surface area contributed by atoms with Gasteiger partial charge in [0, 0.05) is 11.9 Å². The molecule has 17 heavy (non-hydrogen) atoms. The molecule has 0 aromatic rings. The van der Waals surface area contributed by atoms with Crippen LogP contribution in [0.15, 0.2) is 0 Å². The number of aliphatic hydroxyl groups is 1. The van der Waals surface area contributed by atoms with Gasteiger partial charge in [0.15, 0.2) is 0 Å². The van der Waals surface area contributed by atoms with Crippen LogP contribution >= 0.6 is 0 Å². The van der Waals surface area contributed by atoms with Gasteiger partial charge in [0.2, 0.25) is 0 Å². The number of rotatable bonds is 5. The third-order valence-electron chi connectivity index (χ3n) is 3.04. The number of carboxylic acid groups (broad SMARTS) is 1. The second-order valence-corrected chi connectivity index (χ2v) is 4.24. The van der Waals surface area contributed by atoms with Crippen molar-refractivity contribution < 1.29 is 54.1 Å². The van der Waals surface area contributed by atoms with E-state index in [4.69, 9.17) is 4.74 Å². The fourth-order valence-corrected chi connectivity index (χ4v) is 1.95. The van der Waals surface area contributed by atoms with E-state index < -0.39 is 36.0 Å². The minimum atomic E-state index is -1.34. The van der Waals surface area contributed by atoms with Gasteiger partial charge in [-0.2, -0.15) is 0 Å². The van der Waals surface area contributed by atoms with E-state index in [1.807, 2.05) is 6.92 Å². The zero-order chi connectivity index (χ0) is 12.3. The number of hydrogen-bond donors (Lipinski definition) is 1. The van der Waals surface area contributed by atoms with Gasteiger partial charge >= 0.3 is 35.5 Å². The molecule has 1 fully saturated rings. The number of unbranched alkanes of at least 4 members (excludes halogenated alkanes) is 1. The first-order valence-electron chi connectivity index (χ1n) is 5.58. The molecule has 0 spiro atoms. The number of aliphatic hydroxyl groups excluding tert-OH is 1. The maximum absolute atomic E-state index is 11.4. The number of esters is 1. The summed E-state index contributed by atoms with van der Waals surface area (Å²) in [6.45, 7) is 3.34. The predicted octanol–water partition coefficient (Wildman–Crippen LogP) is -3.53. The SMILES string of the molecule is CCCCC1OC(=O)C(C(C)C(=O)[O-])C1O.[Na+]. The summed E-state index contributed by atoms with van der Waals surface area (Å²) < 4.78 is 4.98. The van der Waals surface area contributed by atoms with E-state index in [-0.39, 0.29) is 29.6 Å². The first-order chi connectivity index (χ1) is 7.49. The molecule has 0 aromatic carbocycles. The van der Waals surface area contributed by atoms with Gasteiger partial charge in [-0.1, -0.05) is 20.3 Å². The minimum Gasteiger partial charge on any atom is -0.550 e. The van der Waals surface area contributed by atoms with Gasteiger partial charge in [-0.3, -0.25) is 4.79 Å². The number of carbonyl (C=O) groups excluding carboxylic acids is 2. The van der Waals surface area contributed by atoms with E-state index in [0.717, 1.165) is 12.8 Å². The number of carbonyl (C=O) groups is 2. The van der Waals surface area contributed by atoms with E-state index in [2.05, 4.69) is 0 Å². The quantitative estimate of drug-likeness (QED) is 0.405. The van der Waals surface area contributed by atoms with E-state index in [0.29, 0.717) is 6.42 Å². The Labute approximate surface area is 123 Å². The zero-order valence-electron chi connectivity index (χ0n) is 10.5. The summed E-state index contributed by atoms with van der Waals surface area (Å²) in [6, 6.07) is 0. The number of ether oxygens (including phenoxy) is 1. The van der Waals surface area contributed by atoms with Crippen LogP contribution in [0.1, 0.15) is 33.1 Å². The molecule has 92 valence electrons. The van der Waals surface area contributed by atoms with Gasteiger partial charge in [0.05, 0.1) is 5.92 Å². The topological polar surface area (TPSA) is 86.7 Å². The fraction of sp³-hybridized carbons (Fsp3) is 0.818. The van der Waals surface area contributed by atoms with Gasteiger partial charge in [0.25, 0.3) is 0 Å². The molecule has 0 aliphatic carbocycles. The normalized spacial score (nSPS) is 29.4. The first-order valence-corrected chi connectivity index (χ1v) is 5.58. The predicted molar refractivity (Wildman–Crippen MR) is 53.1 cm³/mol. The van der Waals surface area contributed by atoms with E-state index in [1.54, 1.807) is 0 Å². The third-order valence-corrected chi connectivity index (χ3v) is 3.04. The molecular weight excluding hydrogens is 235 g/mol. The smallest absolute Gasteiger partial charge is 0.550 e. The number of hydrogen-bond acceptors (Lipinski definition) is 5. The van der Waals surface area contributed by atoms with Gasteiger partial charge in [-0.05, 0) is 12.8 Å². The average Bonchev–Trinajstić information content (AvgIpc) is 2.50. The van der Waals surface area contributed by atoms with Gasteiger partial charge in [-0.15, -0.1) is 0 Å². The molecule has 0 radical (unpaired) electrons. The van der Waals surface area contributed by atoms with E-state index >= 15 is 0 Å². The van der Waals surface area contributed by atoms with Crippen LogP contribution in [0, 0.1) is 11.8 Å². The molecule has 1 aliphatic heterocycles. The van der Waals surface area contributed by atoms with Crippen LogP contribution in [0.5, 0.6) is 0 Å². The molecule has 0 aromatic heterocycles. The molecule has 0 saturated carbocycles. The molecular formula is C11H17NaO5. The van der Waals surface area contributed by atoms with E-state index in [9.17, 15) is 19.8 Å². The van der Waals surface area contributed by atoms with Crippen molar-refractivity contribution in [2.45, 2.75) is 45.3 Å². The van der Waals surface area contributed by atoms with Crippen molar-refractivity contribution in [1.82, 2.24) is 0 Å². The Hall–Kier alpha value is -0.100. The molecule has 0 bridgehead atoms. The Balaban J connectivity index is 0.00000256. The van der Waals surface area contributed by atoms with Crippen molar-refractivity contribution in [3.63, 3.8) is 0 Å². The molecule has 4 unspecified atom stereocenters. The van der Waals surface area contributed by atoms with Crippen molar-refractivity contribution in [2.75, 3.05) is 0 Å². The summed E-state index contributed by atoms with van der Waals surface area (Å²) in [4.78, 5) is 22.1. The molecule has 1 N–H and O–H groups in total. The summed E-state index contributed by atoms with van der Waals surface area (Å²) in [7, 11) is 0. The van der Waals surface area contributed by atoms with Crippen molar-refractivity contribution >= 4 is 11.9 Å². The van der Waals surface area contributed by atoms with Crippen LogP contribution in [0.25, 0.3) is 0 Å². The maximum atomic E-state index is 11.4. The summed E-state index contributed by atoms with van der Waals surface area (Å²) >= 11 is 0. The largest absolute Gasteiger partial charge is 1.00 e. The van der Waals surface area contributed by atoms with Crippen LogP contribution in [0.4, 0.5) is 0 Å². The minimum absolute atomic E-state index is 0. The van der Waals surface area contributed by atoms with Gasteiger partial charge in [0.1, 0.15) is 12.2 Å². The second-order valence-electron chi connectivity index (χ2n) is 4.24. The third kappa shape index (κ3) is 3.95. The molecule has 1 saturated heterocycles. The van der Waals surface area contributed by atoms with Crippen molar-refractivity contribution in [3.05, 3.63) is 0 Å². The van der Waals surface area contributed by atoms with E-state index in [1.165, 1.54) is 6.92 Å². The van der Waals surface area contributed by atoms with Crippen LogP contribution < -0.4 is 34.7 Å². The van der Waals surface area contributed by atoms with Gasteiger partial charge in [-0.25, -0.2) is 0 Å². The number of aliphatic carboxylic acids is 1. The Kier molecular flexibility index (Phi) is 7.32. The molecule has 1 aliphatic rings. The Morgan fingerprint density at radius 3 is 2.65 bits per heavy atom. The van der Waals surface area contributed by atoms with Gasteiger partial charge < -0.3 is 19.7 Å². The second kappa shape index (κ2) is 7.36. The number of carboxylic acids is 1. The summed E-state index contributed by atoms with van der Waals surface area (Å²) in [5.74, 6) is -3.98. The molecule has 4 atom stereocenters. The van der Waals surface area contributed by atoms with Crippen LogP contribution in [0.2, 0.25) is 0 Å². The Morgan fingerprint density at radius 2 is 2.18 bits per heavy atom. The molecule has 1 heterocycles. The van der Waals surface area contributed by atoms with Crippen molar-refractivity contribution in [2.24, 2.45) is 11.8 Å².